The number of pyridine rings is 1. The standard InChI is InChI=1S/C25H29N7O3/c1-25(2,3)35-24(34)32-11-7-16-14-31(15-21(16)32)17-4-5-18-19(6-8-27-20(18)12-17)29-23(33)30-22-13-26-9-10-28-22/h4-6,8-10,12-13,16,21H,7,11,14-15H2,1-3H3,(H2,27,28,29,30,33). The minimum atomic E-state index is -0.505. The van der Waals surface area contributed by atoms with Crippen LogP contribution in [0.1, 0.15) is 27.2 Å². The van der Waals surface area contributed by atoms with E-state index >= 15 is 0 Å². The number of hydrogen-bond donors (Lipinski definition) is 2. The van der Waals surface area contributed by atoms with Crippen molar-refractivity contribution < 1.29 is 14.3 Å². The van der Waals surface area contributed by atoms with Crippen molar-refractivity contribution >= 4 is 40.2 Å². The quantitative estimate of drug-likeness (QED) is 0.586. The number of aromatic nitrogens is 3. The van der Waals surface area contributed by atoms with E-state index in [1.165, 1.54) is 12.4 Å². The summed E-state index contributed by atoms with van der Waals surface area (Å²) in [5, 5.41) is 6.36. The van der Waals surface area contributed by atoms with Gasteiger partial charge >= 0.3 is 12.1 Å². The van der Waals surface area contributed by atoms with Crippen LogP contribution in [0.4, 0.5) is 26.8 Å². The molecule has 2 aromatic heterocycles. The molecule has 2 N–H and O–H groups in total. The molecular formula is C25H29N7O3. The lowest BCUT2D eigenvalue weighted by Crippen LogP contribution is -2.42. The van der Waals surface area contributed by atoms with Gasteiger partial charge in [0.05, 0.1) is 23.4 Å². The second-order valence-electron chi connectivity index (χ2n) is 9.92. The van der Waals surface area contributed by atoms with Crippen LogP contribution in [0.15, 0.2) is 49.1 Å². The second-order valence-corrected chi connectivity index (χ2v) is 9.92. The molecule has 2 aliphatic heterocycles. The van der Waals surface area contributed by atoms with E-state index in [9.17, 15) is 9.59 Å². The molecule has 0 radical (unpaired) electrons. The number of fused-ring (bicyclic) bond motifs is 2. The van der Waals surface area contributed by atoms with Crippen LogP contribution in [0.25, 0.3) is 10.9 Å². The van der Waals surface area contributed by atoms with Gasteiger partial charge in [-0.2, -0.15) is 0 Å². The fraction of sp³-hybridized carbons (Fsp3) is 0.400. The highest BCUT2D eigenvalue weighted by atomic mass is 16.6. The number of hydrogen-bond acceptors (Lipinski definition) is 7. The number of carbonyl (C=O) groups is 2. The lowest BCUT2D eigenvalue weighted by Gasteiger charge is -2.29. The number of nitrogens with one attached hydrogen (secondary N) is 2. The molecule has 10 heteroatoms. The molecule has 0 spiro atoms. The Bertz CT molecular complexity index is 1240. The zero-order chi connectivity index (χ0) is 24.6. The summed E-state index contributed by atoms with van der Waals surface area (Å²) in [6.45, 7) is 8.06. The molecule has 2 aliphatic rings. The van der Waals surface area contributed by atoms with Crippen LogP contribution in [0.5, 0.6) is 0 Å². The topological polar surface area (TPSA) is 113 Å². The first-order valence-electron chi connectivity index (χ1n) is 11.7. The SMILES string of the molecule is CC(C)(C)OC(=O)N1CCC2CN(c3ccc4c(NC(=O)Nc5cnccn5)ccnc4c3)CC21. The zero-order valence-corrected chi connectivity index (χ0v) is 20.1. The van der Waals surface area contributed by atoms with Gasteiger partial charge < -0.3 is 19.9 Å². The molecule has 1 aromatic carbocycles. The molecule has 0 bridgehead atoms. The van der Waals surface area contributed by atoms with Gasteiger partial charge in [-0.3, -0.25) is 15.3 Å². The van der Waals surface area contributed by atoms with Crippen molar-refractivity contribution in [3.05, 3.63) is 49.1 Å². The molecule has 2 saturated heterocycles. The molecule has 5 rings (SSSR count). The Morgan fingerprint density at radius 3 is 2.69 bits per heavy atom. The molecule has 3 aromatic rings. The third kappa shape index (κ3) is 4.96. The maximum absolute atomic E-state index is 12.7. The molecular weight excluding hydrogens is 446 g/mol. The third-order valence-corrected chi connectivity index (χ3v) is 6.32. The summed E-state index contributed by atoms with van der Waals surface area (Å²) in [5.41, 5.74) is 1.97. The number of likely N-dealkylation sites (tertiary alicyclic amines) is 1. The van der Waals surface area contributed by atoms with E-state index in [2.05, 4.69) is 30.5 Å². The van der Waals surface area contributed by atoms with E-state index in [1.807, 2.05) is 43.9 Å². The smallest absolute Gasteiger partial charge is 0.410 e. The highest BCUT2D eigenvalue weighted by Crippen LogP contribution is 2.36. The van der Waals surface area contributed by atoms with Gasteiger partial charge in [0, 0.05) is 55.2 Å². The number of urea groups is 1. The lowest BCUT2D eigenvalue weighted by molar-refractivity contribution is 0.0229. The summed E-state index contributed by atoms with van der Waals surface area (Å²) in [7, 11) is 0. The van der Waals surface area contributed by atoms with Crippen molar-refractivity contribution in [2.45, 2.75) is 38.8 Å². The molecule has 10 nitrogen and oxygen atoms in total. The van der Waals surface area contributed by atoms with Crippen molar-refractivity contribution in [2.75, 3.05) is 35.2 Å². The van der Waals surface area contributed by atoms with Gasteiger partial charge in [-0.15, -0.1) is 0 Å². The maximum atomic E-state index is 12.7. The van der Waals surface area contributed by atoms with Crippen molar-refractivity contribution in [1.82, 2.24) is 19.9 Å². The van der Waals surface area contributed by atoms with Crippen molar-refractivity contribution in [1.29, 1.82) is 0 Å². The normalized spacial score (nSPS) is 19.5. The van der Waals surface area contributed by atoms with E-state index in [-0.39, 0.29) is 12.1 Å². The number of amides is 3. The maximum Gasteiger partial charge on any atom is 0.410 e. The largest absolute Gasteiger partial charge is 0.444 e. The van der Waals surface area contributed by atoms with Crippen LogP contribution in [0, 0.1) is 5.92 Å². The summed E-state index contributed by atoms with van der Waals surface area (Å²) in [6, 6.07) is 7.53. The van der Waals surface area contributed by atoms with Crippen LogP contribution in [0.3, 0.4) is 0 Å². The summed E-state index contributed by atoms with van der Waals surface area (Å²) in [6.07, 6.45) is 6.94. The molecule has 0 aliphatic carbocycles. The predicted octanol–water partition coefficient (Wildman–Crippen LogP) is 4.11. The van der Waals surface area contributed by atoms with Gasteiger partial charge in [0.2, 0.25) is 0 Å². The van der Waals surface area contributed by atoms with Crippen molar-refractivity contribution in [3.63, 3.8) is 0 Å². The first kappa shape index (κ1) is 22.8. The Labute approximate surface area is 203 Å². The Hall–Kier alpha value is -3.95. The number of rotatable bonds is 3. The first-order chi connectivity index (χ1) is 16.8. The Morgan fingerprint density at radius 2 is 1.91 bits per heavy atom. The minimum Gasteiger partial charge on any atom is -0.444 e. The van der Waals surface area contributed by atoms with E-state index in [0.717, 1.165) is 42.6 Å². The number of anilines is 3. The van der Waals surface area contributed by atoms with Crippen molar-refractivity contribution in [3.8, 4) is 0 Å². The summed E-state index contributed by atoms with van der Waals surface area (Å²) < 4.78 is 5.62. The number of benzene rings is 1. The molecule has 2 fully saturated rings. The molecule has 3 amide bonds. The average molecular weight is 476 g/mol. The predicted molar refractivity (Wildman–Crippen MR) is 133 cm³/mol. The minimum absolute atomic E-state index is 0.145. The summed E-state index contributed by atoms with van der Waals surface area (Å²) in [5.74, 6) is 0.787. The molecule has 0 saturated carbocycles. The van der Waals surface area contributed by atoms with Crippen molar-refractivity contribution in [2.24, 2.45) is 5.92 Å². The fourth-order valence-electron chi connectivity index (χ4n) is 4.80. The first-order valence-corrected chi connectivity index (χ1v) is 11.7. The molecule has 35 heavy (non-hydrogen) atoms. The van der Waals surface area contributed by atoms with Gasteiger partial charge in [-0.05, 0) is 51.5 Å². The van der Waals surface area contributed by atoms with Gasteiger partial charge in [0.25, 0.3) is 0 Å². The van der Waals surface area contributed by atoms with E-state index < -0.39 is 11.6 Å². The van der Waals surface area contributed by atoms with Crippen LogP contribution in [-0.4, -0.2) is 63.3 Å². The highest BCUT2D eigenvalue weighted by Gasteiger charge is 2.44. The van der Waals surface area contributed by atoms with Crippen LogP contribution >= 0.6 is 0 Å². The number of carbonyl (C=O) groups excluding carboxylic acids is 2. The van der Waals surface area contributed by atoms with E-state index in [4.69, 9.17) is 4.74 Å². The number of nitrogens with zero attached hydrogens (tertiary/aromatic N) is 5. The fourth-order valence-corrected chi connectivity index (χ4v) is 4.80. The average Bonchev–Trinajstić information content (AvgIpc) is 3.39. The second kappa shape index (κ2) is 9.01. The van der Waals surface area contributed by atoms with E-state index in [1.54, 1.807) is 18.5 Å². The van der Waals surface area contributed by atoms with Gasteiger partial charge in [-0.25, -0.2) is 14.6 Å². The molecule has 2 atom stereocenters. The molecule has 182 valence electrons. The zero-order valence-electron chi connectivity index (χ0n) is 20.1. The summed E-state index contributed by atoms with van der Waals surface area (Å²) in [4.78, 5) is 41.8. The van der Waals surface area contributed by atoms with E-state index in [0.29, 0.717) is 17.4 Å². The summed E-state index contributed by atoms with van der Waals surface area (Å²) >= 11 is 0. The molecule has 4 heterocycles. The van der Waals surface area contributed by atoms with Crippen LogP contribution in [-0.2, 0) is 4.74 Å². The Kier molecular flexibility index (Phi) is 5.88. The Morgan fingerprint density at radius 1 is 1.06 bits per heavy atom. The lowest BCUT2D eigenvalue weighted by atomic mass is 10.1. The number of ether oxygens (including phenoxy) is 1. The van der Waals surface area contributed by atoms with Gasteiger partial charge in [0.15, 0.2) is 5.82 Å². The molecule has 2 unspecified atom stereocenters. The monoisotopic (exact) mass is 475 g/mol. The third-order valence-electron chi connectivity index (χ3n) is 6.32. The van der Waals surface area contributed by atoms with Crippen LogP contribution in [0.2, 0.25) is 0 Å². The van der Waals surface area contributed by atoms with Crippen LogP contribution < -0.4 is 15.5 Å². The van der Waals surface area contributed by atoms with Gasteiger partial charge in [0.1, 0.15) is 5.60 Å². The van der Waals surface area contributed by atoms with Gasteiger partial charge in [-0.1, -0.05) is 0 Å². The highest BCUT2D eigenvalue weighted by molar-refractivity contribution is 6.05. The Balaban J connectivity index is 1.29.